The van der Waals surface area contributed by atoms with Gasteiger partial charge in [-0.05, 0) is 39.3 Å². The lowest BCUT2D eigenvalue weighted by molar-refractivity contribution is -0.144. The SMILES string of the molecule is CCOC(=O)CC(C)[C@@H]1CCCN1C. The van der Waals surface area contributed by atoms with Gasteiger partial charge in [-0.3, -0.25) is 4.79 Å². The van der Waals surface area contributed by atoms with Gasteiger partial charge >= 0.3 is 5.97 Å². The molecule has 0 N–H and O–H groups in total. The van der Waals surface area contributed by atoms with Crippen molar-refractivity contribution in [3.63, 3.8) is 0 Å². The Morgan fingerprint density at radius 2 is 2.36 bits per heavy atom. The van der Waals surface area contributed by atoms with E-state index in [9.17, 15) is 4.79 Å². The van der Waals surface area contributed by atoms with Gasteiger partial charge in [-0.25, -0.2) is 0 Å². The third-order valence-electron chi connectivity index (χ3n) is 3.03. The minimum Gasteiger partial charge on any atom is -0.466 e. The van der Waals surface area contributed by atoms with Crippen LogP contribution in [0.5, 0.6) is 0 Å². The van der Waals surface area contributed by atoms with Crippen LogP contribution in [0.4, 0.5) is 0 Å². The Hall–Kier alpha value is -0.570. The molecule has 3 nitrogen and oxygen atoms in total. The molecule has 1 heterocycles. The number of rotatable bonds is 4. The minimum absolute atomic E-state index is 0.0553. The summed E-state index contributed by atoms with van der Waals surface area (Å²) in [4.78, 5) is 13.6. The Morgan fingerprint density at radius 3 is 2.86 bits per heavy atom. The van der Waals surface area contributed by atoms with Gasteiger partial charge in [-0.1, -0.05) is 6.92 Å². The highest BCUT2D eigenvalue weighted by atomic mass is 16.5. The van der Waals surface area contributed by atoms with E-state index in [-0.39, 0.29) is 5.97 Å². The second-order valence-corrected chi connectivity index (χ2v) is 4.18. The summed E-state index contributed by atoms with van der Waals surface area (Å²) < 4.78 is 4.95. The zero-order chi connectivity index (χ0) is 10.6. The van der Waals surface area contributed by atoms with Crippen LogP contribution in [0.25, 0.3) is 0 Å². The molecule has 3 heteroatoms. The van der Waals surface area contributed by atoms with Crippen molar-refractivity contribution in [1.29, 1.82) is 0 Å². The largest absolute Gasteiger partial charge is 0.466 e. The van der Waals surface area contributed by atoms with Crippen molar-refractivity contribution in [2.24, 2.45) is 5.92 Å². The van der Waals surface area contributed by atoms with Gasteiger partial charge in [-0.15, -0.1) is 0 Å². The van der Waals surface area contributed by atoms with Crippen molar-refractivity contribution in [1.82, 2.24) is 4.90 Å². The normalized spacial score (nSPS) is 24.9. The van der Waals surface area contributed by atoms with Crippen LogP contribution in [-0.4, -0.2) is 37.1 Å². The summed E-state index contributed by atoms with van der Waals surface area (Å²) in [6.45, 7) is 5.65. The number of hydrogen-bond acceptors (Lipinski definition) is 3. The second-order valence-electron chi connectivity index (χ2n) is 4.18. The Balaban J connectivity index is 2.33. The smallest absolute Gasteiger partial charge is 0.306 e. The molecule has 0 aromatic carbocycles. The maximum Gasteiger partial charge on any atom is 0.306 e. The summed E-state index contributed by atoms with van der Waals surface area (Å²) in [5, 5.41) is 0. The predicted molar refractivity (Wildman–Crippen MR) is 56.1 cm³/mol. The van der Waals surface area contributed by atoms with Crippen molar-refractivity contribution in [3.05, 3.63) is 0 Å². The van der Waals surface area contributed by atoms with Crippen LogP contribution in [-0.2, 0) is 9.53 Å². The van der Waals surface area contributed by atoms with Crippen LogP contribution in [0.15, 0.2) is 0 Å². The van der Waals surface area contributed by atoms with Crippen LogP contribution in [0, 0.1) is 5.92 Å². The molecule has 0 spiro atoms. The summed E-state index contributed by atoms with van der Waals surface area (Å²) in [7, 11) is 2.14. The molecule has 0 saturated carbocycles. The van der Waals surface area contributed by atoms with E-state index in [0.717, 1.165) is 6.54 Å². The van der Waals surface area contributed by atoms with Crippen LogP contribution in [0.3, 0.4) is 0 Å². The molecule has 1 aliphatic rings. The fourth-order valence-corrected chi connectivity index (χ4v) is 2.27. The molecule has 0 aliphatic carbocycles. The molecular formula is C11H21NO2. The van der Waals surface area contributed by atoms with Gasteiger partial charge in [-0.2, -0.15) is 0 Å². The first-order valence-corrected chi connectivity index (χ1v) is 5.51. The number of likely N-dealkylation sites (tertiary alicyclic amines) is 1. The lowest BCUT2D eigenvalue weighted by atomic mass is 9.96. The number of nitrogens with zero attached hydrogens (tertiary/aromatic N) is 1. The van der Waals surface area contributed by atoms with Gasteiger partial charge in [0.1, 0.15) is 0 Å². The zero-order valence-corrected chi connectivity index (χ0v) is 9.45. The van der Waals surface area contributed by atoms with Gasteiger partial charge < -0.3 is 9.64 Å². The minimum atomic E-state index is -0.0553. The summed E-state index contributed by atoms with van der Waals surface area (Å²) >= 11 is 0. The van der Waals surface area contributed by atoms with Gasteiger partial charge in [0.15, 0.2) is 0 Å². The molecule has 1 fully saturated rings. The van der Waals surface area contributed by atoms with Crippen molar-refractivity contribution >= 4 is 5.97 Å². The number of esters is 1. The number of carbonyl (C=O) groups is 1. The molecular weight excluding hydrogens is 178 g/mol. The molecule has 82 valence electrons. The first-order valence-electron chi connectivity index (χ1n) is 5.51. The Morgan fingerprint density at radius 1 is 1.64 bits per heavy atom. The van der Waals surface area contributed by atoms with E-state index >= 15 is 0 Å². The van der Waals surface area contributed by atoms with Gasteiger partial charge in [0.25, 0.3) is 0 Å². The number of ether oxygens (including phenoxy) is 1. The third kappa shape index (κ3) is 2.98. The average molecular weight is 199 g/mol. The standard InChI is InChI=1S/C11H21NO2/c1-4-14-11(13)8-9(2)10-6-5-7-12(10)3/h9-10H,4-8H2,1-3H3/t9?,10-/m0/s1. The molecule has 1 unspecified atom stereocenters. The van der Waals surface area contributed by atoms with Crippen molar-refractivity contribution in [2.75, 3.05) is 20.2 Å². The van der Waals surface area contributed by atoms with Crippen LogP contribution >= 0.6 is 0 Å². The van der Waals surface area contributed by atoms with E-state index in [1.54, 1.807) is 0 Å². The first-order chi connectivity index (χ1) is 6.65. The Bertz CT molecular complexity index is 194. The van der Waals surface area contributed by atoms with Crippen LogP contribution in [0.2, 0.25) is 0 Å². The highest BCUT2D eigenvalue weighted by Gasteiger charge is 2.27. The van der Waals surface area contributed by atoms with E-state index in [2.05, 4.69) is 18.9 Å². The van der Waals surface area contributed by atoms with Crippen molar-refractivity contribution in [2.45, 2.75) is 39.2 Å². The molecule has 0 aromatic rings. The molecule has 1 aliphatic heterocycles. The van der Waals surface area contributed by atoms with E-state index in [1.165, 1.54) is 12.8 Å². The number of hydrogen-bond donors (Lipinski definition) is 0. The maximum absolute atomic E-state index is 11.3. The zero-order valence-electron chi connectivity index (χ0n) is 9.45. The van der Waals surface area contributed by atoms with Gasteiger partial charge in [0, 0.05) is 12.5 Å². The van der Waals surface area contributed by atoms with Gasteiger partial charge in [0.05, 0.1) is 6.61 Å². The maximum atomic E-state index is 11.3. The molecule has 0 radical (unpaired) electrons. The highest BCUT2D eigenvalue weighted by molar-refractivity contribution is 5.69. The average Bonchev–Trinajstić information content (AvgIpc) is 2.51. The van der Waals surface area contributed by atoms with Crippen LogP contribution < -0.4 is 0 Å². The quantitative estimate of drug-likeness (QED) is 0.645. The van der Waals surface area contributed by atoms with E-state index in [1.807, 2.05) is 6.92 Å². The summed E-state index contributed by atoms with van der Waals surface area (Å²) in [6, 6.07) is 0.569. The highest BCUT2D eigenvalue weighted by Crippen LogP contribution is 2.24. The molecule has 0 bridgehead atoms. The fraction of sp³-hybridized carbons (Fsp3) is 0.909. The second kappa shape index (κ2) is 5.35. The van der Waals surface area contributed by atoms with Gasteiger partial charge in [0.2, 0.25) is 0 Å². The monoisotopic (exact) mass is 199 g/mol. The molecule has 1 rings (SSSR count). The lowest BCUT2D eigenvalue weighted by Crippen LogP contribution is -2.32. The summed E-state index contributed by atoms with van der Waals surface area (Å²) in [5.41, 5.74) is 0. The van der Waals surface area contributed by atoms with E-state index in [0.29, 0.717) is 25.0 Å². The summed E-state index contributed by atoms with van der Waals surface area (Å²) in [6.07, 6.45) is 3.04. The van der Waals surface area contributed by atoms with E-state index < -0.39 is 0 Å². The molecule has 1 saturated heterocycles. The van der Waals surface area contributed by atoms with Crippen molar-refractivity contribution < 1.29 is 9.53 Å². The molecule has 14 heavy (non-hydrogen) atoms. The van der Waals surface area contributed by atoms with Crippen LogP contribution in [0.1, 0.15) is 33.1 Å². The van der Waals surface area contributed by atoms with E-state index in [4.69, 9.17) is 4.74 Å². The molecule has 0 aromatic heterocycles. The topological polar surface area (TPSA) is 29.5 Å². The third-order valence-corrected chi connectivity index (χ3v) is 3.03. The predicted octanol–water partition coefficient (Wildman–Crippen LogP) is 1.67. The number of carbonyl (C=O) groups excluding carboxylic acids is 1. The first kappa shape index (κ1) is 11.5. The Labute approximate surface area is 86.4 Å². The lowest BCUT2D eigenvalue weighted by Gasteiger charge is -2.25. The molecule has 2 atom stereocenters. The van der Waals surface area contributed by atoms with Crippen molar-refractivity contribution in [3.8, 4) is 0 Å². The fourth-order valence-electron chi connectivity index (χ4n) is 2.27. The molecule has 0 amide bonds. The Kier molecular flexibility index (Phi) is 4.39. The summed E-state index contributed by atoms with van der Waals surface area (Å²) in [5.74, 6) is 0.363.